The summed E-state index contributed by atoms with van der Waals surface area (Å²) >= 11 is 0. The first-order valence-corrected chi connectivity index (χ1v) is 7.47. The van der Waals surface area contributed by atoms with Crippen molar-refractivity contribution >= 4 is 15.7 Å². The van der Waals surface area contributed by atoms with Gasteiger partial charge in [0.25, 0.3) is 10.0 Å². The molecule has 0 amide bonds. The third kappa shape index (κ3) is 4.27. The molecule has 0 aliphatic carbocycles. The molecule has 0 atom stereocenters. The highest BCUT2D eigenvalue weighted by atomic mass is 32.2. The van der Waals surface area contributed by atoms with Gasteiger partial charge in [0, 0.05) is 18.3 Å². The summed E-state index contributed by atoms with van der Waals surface area (Å²) in [4.78, 5) is 3.97. The van der Waals surface area contributed by atoms with Crippen LogP contribution in [0.2, 0.25) is 0 Å². The first kappa shape index (κ1) is 14.9. The van der Waals surface area contributed by atoms with E-state index in [1.807, 2.05) is 6.92 Å². The summed E-state index contributed by atoms with van der Waals surface area (Å²) in [5.74, 6) is 0. The lowest BCUT2D eigenvalue weighted by molar-refractivity contribution is 0.490. The maximum absolute atomic E-state index is 12.2. The van der Waals surface area contributed by atoms with E-state index in [4.69, 9.17) is 0 Å². The van der Waals surface area contributed by atoms with Crippen LogP contribution in [0.5, 0.6) is 0 Å². The topological polar surface area (TPSA) is 71.1 Å². The van der Waals surface area contributed by atoms with Gasteiger partial charge in [0.1, 0.15) is 0 Å². The molecule has 0 saturated heterocycles. The van der Waals surface area contributed by atoms with Gasteiger partial charge >= 0.3 is 0 Å². The Morgan fingerprint density at radius 3 is 2.56 bits per heavy atom. The van der Waals surface area contributed by atoms with Crippen LogP contribution in [0, 0.1) is 0 Å². The van der Waals surface area contributed by atoms with Gasteiger partial charge in [-0.2, -0.15) is 0 Å². The highest BCUT2D eigenvalue weighted by Gasteiger charge is 2.25. The van der Waals surface area contributed by atoms with Gasteiger partial charge < -0.3 is 5.32 Å². The Morgan fingerprint density at radius 1 is 1.33 bits per heavy atom. The summed E-state index contributed by atoms with van der Waals surface area (Å²) in [7, 11) is -3.60. The van der Waals surface area contributed by atoms with Crippen molar-refractivity contribution in [1.29, 1.82) is 0 Å². The molecule has 0 fully saturated rings. The average Bonchev–Trinajstić information content (AvgIpc) is 2.23. The Morgan fingerprint density at radius 2 is 2.00 bits per heavy atom. The number of hydrogen-bond acceptors (Lipinski definition) is 4. The van der Waals surface area contributed by atoms with E-state index in [9.17, 15) is 8.42 Å². The van der Waals surface area contributed by atoms with Crippen LogP contribution >= 0.6 is 0 Å². The van der Waals surface area contributed by atoms with Crippen LogP contribution in [0.1, 0.15) is 34.1 Å². The van der Waals surface area contributed by atoms with Crippen molar-refractivity contribution < 1.29 is 8.42 Å². The van der Waals surface area contributed by atoms with Gasteiger partial charge in [-0.25, -0.2) is 18.1 Å². The van der Waals surface area contributed by atoms with E-state index < -0.39 is 15.6 Å². The Hall–Kier alpha value is -1.14. The predicted molar refractivity (Wildman–Crippen MR) is 73.1 cm³/mol. The van der Waals surface area contributed by atoms with Crippen LogP contribution in [0.4, 0.5) is 5.69 Å². The molecule has 1 aromatic heterocycles. The van der Waals surface area contributed by atoms with Crippen molar-refractivity contribution in [2.75, 3.05) is 11.9 Å². The minimum atomic E-state index is -3.60. The van der Waals surface area contributed by atoms with Crippen LogP contribution in [-0.4, -0.2) is 25.5 Å². The van der Waals surface area contributed by atoms with Gasteiger partial charge in [0.05, 0.1) is 5.69 Å². The molecular weight excluding hydrogens is 250 g/mol. The first-order valence-electron chi connectivity index (χ1n) is 5.99. The lowest BCUT2D eigenvalue weighted by Crippen LogP contribution is -2.41. The summed E-state index contributed by atoms with van der Waals surface area (Å²) in [6, 6.07) is 3.44. The molecule has 0 unspecified atom stereocenters. The zero-order valence-corrected chi connectivity index (χ0v) is 12.1. The molecule has 0 aliphatic rings. The van der Waals surface area contributed by atoms with Crippen molar-refractivity contribution in [2.45, 2.75) is 44.7 Å². The third-order valence-electron chi connectivity index (χ3n) is 2.03. The molecule has 0 radical (unpaired) electrons. The van der Waals surface area contributed by atoms with E-state index in [1.54, 1.807) is 32.9 Å². The normalized spacial score (nSPS) is 12.4. The molecule has 102 valence electrons. The van der Waals surface area contributed by atoms with Crippen molar-refractivity contribution in [3.05, 3.63) is 18.3 Å². The van der Waals surface area contributed by atoms with Crippen LogP contribution < -0.4 is 10.0 Å². The van der Waals surface area contributed by atoms with E-state index in [1.165, 1.54) is 6.20 Å². The predicted octanol–water partition coefficient (Wildman–Crippen LogP) is 1.98. The SMILES string of the molecule is CCCNc1cccnc1S(=O)(=O)NC(C)(C)C. The van der Waals surface area contributed by atoms with Gasteiger partial charge in [-0.1, -0.05) is 6.92 Å². The van der Waals surface area contributed by atoms with Gasteiger partial charge in [-0.05, 0) is 39.3 Å². The number of rotatable bonds is 5. The van der Waals surface area contributed by atoms with E-state index in [2.05, 4.69) is 15.0 Å². The molecule has 2 N–H and O–H groups in total. The molecule has 1 aromatic rings. The van der Waals surface area contributed by atoms with Crippen LogP contribution in [-0.2, 0) is 10.0 Å². The highest BCUT2D eigenvalue weighted by Crippen LogP contribution is 2.19. The second-order valence-corrected chi connectivity index (χ2v) is 6.74. The lowest BCUT2D eigenvalue weighted by atomic mass is 10.1. The number of anilines is 1. The molecule has 1 heterocycles. The summed E-state index contributed by atoms with van der Waals surface area (Å²) in [6.45, 7) is 8.13. The second kappa shape index (κ2) is 5.67. The van der Waals surface area contributed by atoms with E-state index in [0.717, 1.165) is 6.42 Å². The first-order chi connectivity index (χ1) is 8.26. The molecule has 0 saturated carbocycles. The smallest absolute Gasteiger partial charge is 0.260 e. The van der Waals surface area contributed by atoms with Crippen LogP contribution in [0.25, 0.3) is 0 Å². The highest BCUT2D eigenvalue weighted by molar-refractivity contribution is 7.89. The van der Waals surface area contributed by atoms with E-state index in [-0.39, 0.29) is 5.03 Å². The maximum Gasteiger partial charge on any atom is 0.260 e. The van der Waals surface area contributed by atoms with Crippen LogP contribution in [0.15, 0.2) is 23.4 Å². The minimum Gasteiger partial charge on any atom is -0.383 e. The molecule has 6 heteroatoms. The summed E-state index contributed by atoms with van der Waals surface area (Å²) in [5, 5.41) is 3.12. The molecule has 5 nitrogen and oxygen atoms in total. The van der Waals surface area contributed by atoms with E-state index in [0.29, 0.717) is 12.2 Å². The van der Waals surface area contributed by atoms with Gasteiger partial charge in [0.2, 0.25) is 0 Å². The summed E-state index contributed by atoms with van der Waals surface area (Å²) in [5.41, 5.74) is 0.00867. The number of pyridine rings is 1. The Kier molecular flexibility index (Phi) is 4.70. The zero-order valence-electron chi connectivity index (χ0n) is 11.3. The fourth-order valence-corrected chi connectivity index (χ4v) is 2.98. The fourth-order valence-electron chi connectivity index (χ4n) is 1.45. The number of hydrogen-bond donors (Lipinski definition) is 2. The quantitative estimate of drug-likeness (QED) is 0.859. The van der Waals surface area contributed by atoms with Crippen molar-refractivity contribution in [3.63, 3.8) is 0 Å². The minimum absolute atomic E-state index is 0.0494. The van der Waals surface area contributed by atoms with Crippen LogP contribution in [0.3, 0.4) is 0 Å². The number of nitrogens with one attached hydrogen (secondary N) is 2. The monoisotopic (exact) mass is 271 g/mol. The van der Waals surface area contributed by atoms with Crippen molar-refractivity contribution in [1.82, 2.24) is 9.71 Å². The third-order valence-corrected chi connectivity index (χ3v) is 3.75. The number of sulfonamides is 1. The number of nitrogens with zero attached hydrogens (tertiary/aromatic N) is 1. The molecule has 0 aliphatic heterocycles. The standard InChI is InChI=1S/C12H21N3O2S/c1-5-8-13-10-7-6-9-14-11(10)18(16,17)15-12(2,3)4/h6-7,9,13,15H,5,8H2,1-4H3. The zero-order chi connectivity index (χ0) is 13.8. The molecular formula is C12H21N3O2S. The average molecular weight is 271 g/mol. The molecule has 0 bridgehead atoms. The summed E-state index contributed by atoms with van der Waals surface area (Å²) < 4.78 is 27.0. The molecule has 0 aromatic carbocycles. The Bertz CT molecular complexity index is 492. The van der Waals surface area contributed by atoms with Crippen molar-refractivity contribution in [2.24, 2.45) is 0 Å². The largest absolute Gasteiger partial charge is 0.383 e. The van der Waals surface area contributed by atoms with Gasteiger partial charge in [-0.3, -0.25) is 0 Å². The Balaban J connectivity index is 3.08. The van der Waals surface area contributed by atoms with Gasteiger partial charge in [0.15, 0.2) is 5.03 Å². The van der Waals surface area contributed by atoms with Crippen molar-refractivity contribution in [3.8, 4) is 0 Å². The fraction of sp³-hybridized carbons (Fsp3) is 0.583. The maximum atomic E-state index is 12.2. The lowest BCUT2D eigenvalue weighted by Gasteiger charge is -2.21. The molecule has 18 heavy (non-hydrogen) atoms. The Labute approximate surface area is 109 Å². The van der Waals surface area contributed by atoms with E-state index >= 15 is 0 Å². The molecule has 0 spiro atoms. The number of aromatic nitrogens is 1. The second-order valence-electron chi connectivity index (χ2n) is 5.14. The van der Waals surface area contributed by atoms with Gasteiger partial charge in [-0.15, -0.1) is 0 Å². The summed E-state index contributed by atoms with van der Waals surface area (Å²) in [6.07, 6.45) is 2.40. The molecule has 1 rings (SSSR count).